The van der Waals surface area contributed by atoms with E-state index in [-0.39, 0.29) is 5.54 Å². The van der Waals surface area contributed by atoms with Crippen molar-refractivity contribution >= 4 is 11.5 Å². The predicted molar refractivity (Wildman–Crippen MR) is 87.3 cm³/mol. The van der Waals surface area contributed by atoms with Crippen molar-refractivity contribution in [2.45, 2.75) is 31.7 Å². The van der Waals surface area contributed by atoms with Gasteiger partial charge in [-0.15, -0.1) is 0 Å². The zero-order valence-corrected chi connectivity index (χ0v) is 13.7. The monoisotopic (exact) mass is 303 g/mol. The number of likely N-dealkylation sites (N-methyl/N-ethyl adjacent to an activating group) is 1. The Kier molecular flexibility index (Phi) is 4.31. The SMILES string of the molecule is CCc1cc(NCC2(N(C)C)CCOCC2)n2nccc2n1. The van der Waals surface area contributed by atoms with Gasteiger partial charge >= 0.3 is 0 Å². The van der Waals surface area contributed by atoms with Crippen molar-refractivity contribution in [3.05, 3.63) is 24.0 Å². The Bertz CT molecular complexity index is 630. The number of rotatable bonds is 5. The van der Waals surface area contributed by atoms with Crippen molar-refractivity contribution in [1.29, 1.82) is 0 Å². The zero-order chi connectivity index (χ0) is 15.6. The number of aryl methyl sites for hydroxylation is 1. The highest BCUT2D eigenvalue weighted by atomic mass is 16.5. The summed E-state index contributed by atoms with van der Waals surface area (Å²) in [5.74, 6) is 1.01. The fraction of sp³-hybridized carbons (Fsp3) is 0.625. The van der Waals surface area contributed by atoms with E-state index in [0.717, 1.165) is 56.2 Å². The van der Waals surface area contributed by atoms with Crippen molar-refractivity contribution in [3.8, 4) is 0 Å². The molecule has 1 N–H and O–H groups in total. The van der Waals surface area contributed by atoms with Crippen LogP contribution in [0.2, 0.25) is 0 Å². The van der Waals surface area contributed by atoms with Gasteiger partial charge in [0.15, 0.2) is 5.65 Å². The third kappa shape index (κ3) is 2.80. The third-order valence-electron chi connectivity index (χ3n) is 4.75. The number of ether oxygens (including phenoxy) is 1. The minimum atomic E-state index is 0.132. The molecule has 1 aliphatic heterocycles. The van der Waals surface area contributed by atoms with E-state index in [4.69, 9.17) is 4.74 Å². The van der Waals surface area contributed by atoms with Crippen LogP contribution in [0.15, 0.2) is 18.3 Å². The first kappa shape index (κ1) is 15.2. The van der Waals surface area contributed by atoms with Gasteiger partial charge in [0.1, 0.15) is 5.82 Å². The number of nitrogens with one attached hydrogen (secondary N) is 1. The first-order valence-corrected chi connectivity index (χ1v) is 7.97. The molecular formula is C16H25N5O. The van der Waals surface area contributed by atoms with Crippen LogP contribution in [-0.2, 0) is 11.2 Å². The second-order valence-corrected chi connectivity index (χ2v) is 6.17. The molecule has 120 valence electrons. The molecule has 2 aromatic heterocycles. The van der Waals surface area contributed by atoms with E-state index < -0.39 is 0 Å². The third-order valence-corrected chi connectivity index (χ3v) is 4.75. The lowest BCUT2D eigenvalue weighted by molar-refractivity contribution is -0.000682. The summed E-state index contributed by atoms with van der Waals surface area (Å²) in [7, 11) is 4.31. The number of fused-ring (bicyclic) bond motifs is 1. The lowest BCUT2D eigenvalue weighted by atomic mass is 9.88. The maximum Gasteiger partial charge on any atom is 0.157 e. The molecule has 1 aliphatic rings. The molecule has 1 saturated heterocycles. The number of hydrogen-bond acceptors (Lipinski definition) is 5. The first-order valence-electron chi connectivity index (χ1n) is 7.97. The topological polar surface area (TPSA) is 54.7 Å². The zero-order valence-electron chi connectivity index (χ0n) is 13.7. The van der Waals surface area contributed by atoms with Crippen LogP contribution in [0.1, 0.15) is 25.5 Å². The molecule has 6 heteroatoms. The predicted octanol–water partition coefficient (Wildman–Crippen LogP) is 1.81. The van der Waals surface area contributed by atoms with Gasteiger partial charge < -0.3 is 15.0 Å². The van der Waals surface area contributed by atoms with Gasteiger partial charge in [0, 0.05) is 43.1 Å². The molecule has 0 aromatic carbocycles. The summed E-state index contributed by atoms with van der Waals surface area (Å²) in [4.78, 5) is 6.92. The van der Waals surface area contributed by atoms with Crippen LogP contribution in [0.5, 0.6) is 0 Å². The van der Waals surface area contributed by atoms with Crippen LogP contribution < -0.4 is 5.32 Å². The number of nitrogens with zero attached hydrogens (tertiary/aromatic N) is 4. The summed E-state index contributed by atoms with van der Waals surface area (Å²) in [5.41, 5.74) is 2.11. The summed E-state index contributed by atoms with van der Waals surface area (Å²) in [6.45, 7) is 4.66. The molecule has 0 radical (unpaired) electrons. The van der Waals surface area contributed by atoms with Gasteiger partial charge in [0.05, 0.1) is 6.20 Å². The fourth-order valence-electron chi connectivity index (χ4n) is 3.06. The van der Waals surface area contributed by atoms with E-state index in [9.17, 15) is 0 Å². The van der Waals surface area contributed by atoms with E-state index in [1.807, 2.05) is 10.6 Å². The second kappa shape index (κ2) is 6.22. The van der Waals surface area contributed by atoms with Crippen molar-refractivity contribution in [3.63, 3.8) is 0 Å². The average molecular weight is 303 g/mol. The van der Waals surface area contributed by atoms with Crippen LogP contribution in [0.25, 0.3) is 5.65 Å². The van der Waals surface area contributed by atoms with Crippen LogP contribution in [0.3, 0.4) is 0 Å². The molecule has 0 saturated carbocycles. The van der Waals surface area contributed by atoms with E-state index >= 15 is 0 Å². The molecule has 0 atom stereocenters. The Morgan fingerprint density at radius 2 is 2.14 bits per heavy atom. The largest absolute Gasteiger partial charge is 0.381 e. The van der Waals surface area contributed by atoms with E-state index in [0.29, 0.717) is 0 Å². The molecule has 0 amide bonds. The van der Waals surface area contributed by atoms with Gasteiger partial charge in [0.25, 0.3) is 0 Å². The smallest absolute Gasteiger partial charge is 0.157 e. The van der Waals surface area contributed by atoms with Crippen molar-refractivity contribution in [2.24, 2.45) is 0 Å². The molecule has 0 unspecified atom stereocenters. The highest BCUT2D eigenvalue weighted by Crippen LogP contribution is 2.26. The van der Waals surface area contributed by atoms with Crippen LogP contribution >= 0.6 is 0 Å². The fourth-order valence-corrected chi connectivity index (χ4v) is 3.06. The van der Waals surface area contributed by atoms with Crippen LogP contribution in [0, 0.1) is 0 Å². The minimum absolute atomic E-state index is 0.132. The van der Waals surface area contributed by atoms with Gasteiger partial charge in [-0.2, -0.15) is 9.61 Å². The molecule has 0 aliphatic carbocycles. The van der Waals surface area contributed by atoms with Crippen LogP contribution in [0.4, 0.5) is 5.82 Å². The standard InChI is InChI=1S/C16H25N5O/c1-4-13-11-15(21-14(19-13)5-8-18-21)17-12-16(20(2)3)6-9-22-10-7-16/h5,8,11,17H,4,6-7,9-10,12H2,1-3H3. The van der Waals surface area contributed by atoms with Gasteiger partial charge in [-0.3, -0.25) is 0 Å². The van der Waals surface area contributed by atoms with Crippen molar-refractivity contribution in [2.75, 3.05) is 39.2 Å². The minimum Gasteiger partial charge on any atom is -0.381 e. The lowest BCUT2D eigenvalue weighted by Gasteiger charge is -2.43. The molecule has 0 bridgehead atoms. The highest BCUT2D eigenvalue weighted by molar-refractivity contribution is 5.49. The Hall–Kier alpha value is -1.66. The first-order chi connectivity index (χ1) is 10.6. The summed E-state index contributed by atoms with van der Waals surface area (Å²) in [6.07, 6.45) is 4.80. The second-order valence-electron chi connectivity index (χ2n) is 6.17. The molecule has 3 heterocycles. The molecule has 3 rings (SSSR count). The molecule has 2 aromatic rings. The molecular weight excluding hydrogens is 278 g/mol. The molecule has 6 nitrogen and oxygen atoms in total. The maximum absolute atomic E-state index is 5.54. The average Bonchev–Trinajstić information content (AvgIpc) is 3.01. The Morgan fingerprint density at radius 1 is 1.36 bits per heavy atom. The summed E-state index contributed by atoms with van der Waals surface area (Å²) >= 11 is 0. The van der Waals surface area contributed by atoms with Crippen molar-refractivity contribution in [1.82, 2.24) is 19.5 Å². The van der Waals surface area contributed by atoms with Crippen LogP contribution in [-0.4, -0.2) is 58.9 Å². The lowest BCUT2D eigenvalue weighted by Crippen LogP contribution is -2.53. The Morgan fingerprint density at radius 3 is 2.82 bits per heavy atom. The van der Waals surface area contributed by atoms with Gasteiger partial charge in [0.2, 0.25) is 0 Å². The normalized spacial score (nSPS) is 18.0. The number of anilines is 1. The molecule has 1 fully saturated rings. The Labute approximate surface area is 131 Å². The summed E-state index contributed by atoms with van der Waals surface area (Å²) in [6, 6.07) is 4.04. The summed E-state index contributed by atoms with van der Waals surface area (Å²) < 4.78 is 7.42. The van der Waals surface area contributed by atoms with E-state index in [1.165, 1.54) is 0 Å². The number of hydrogen-bond donors (Lipinski definition) is 1. The molecule has 22 heavy (non-hydrogen) atoms. The molecule has 0 spiro atoms. The van der Waals surface area contributed by atoms with Crippen molar-refractivity contribution < 1.29 is 4.74 Å². The quantitative estimate of drug-likeness (QED) is 0.913. The highest BCUT2D eigenvalue weighted by Gasteiger charge is 2.34. The van der Waals surface area contributed by atoms with Gasteiger partial charge in [-0.05, 0) is 33.4 Å². The number of aromatic nitrogens is 3. The van der Waals surface area contributed by atoms with Gasteiger partial charge in [-0.1, -0.05) is 6.92 Å². The Balaban J connectivity index is 1.84. The van der Waals surface area contributed by atoms with E-state index in [1.54, 1.807) is 6.20 Å². The maximum atomic E-state index is 5.54. The van der Waals surface area contributed by atoms with Gasteiger partial charge in [-0.25, -0.2) is 4.98 Å². The summed E-state index contributed by atoms with van der Waals surface area (Å²) in [5, 5.41) is 7.98. The van der Waals surface area contributed by atoms with E-state index in [2.05, 4.69) is 47.4 Å².